The summed E-state index contributed by atoms with van der Waals surface area (Å²) in [5, 5.41) is 11.7. The molecule has 5 nitrogen and oxygen atoms in total. The molecule has 0 saturated heterocycles. The molecule has 0 unspecified atom stereocenters. The molecule has 0 aliphatic carbocycles. The average molecular weight is 144 g/mol. The lowest BCUT2D eigenvalue weighted by molar-refractivity contribution is 0.190. The molecule has 1 heterocycles. The van der Waals surface area contributed by atoms with Crippen LogP contribution in [0.1, 0.15) is 0 Å². The zero-order valence-corrected chi connectivity index (χ0v) is 5.28. The van der Waals surface area contributed by atoms with Crippen LogP contribution < -0.4 is 10.5 Å². The molecule has 56 valence electrons. The number of anilines is 1. The first kappa shape index (κ1) is 6.88. The fourth-order valence-electron chi connectivity index (χ4n) is 0.490. The fraction of sp³-hybridized carbons (Fsp3) is 0.400. The molecular weight excluding hydrogens is 136 g/mol. The van der Waals surface area contributed by atoms with Crippen molar-refractivity contribution >= 4 is 5.88 Å². The highest BCUT2D eigenvalue weighted by Gasteiger charge is 1.98. The summed E-state index contributed by atoms with van der Waals surface area (Å²) in [7, 11) is 0. The Morgan fingerprint density at radius 3 is 3.10 bits per heavy atom. The second-order valence-electron chi connectivity index (χ2n) is 1.64. The topological polar surface area (TPSA) is 81.5 Å². The van der Waals surface area contributed by atoms with Crippen molar-refractivity contribution in [2.45, 2.75) is 0 Å². The minimum absolute atomic E-state index is 0.0488. The van der Waals surface area contributed by atoms with E-state index in [0.29, 0.717) is 5.88 Å². The first-order chi connectivity index (χ1) is 4.83. The molecular formula is C5H8N2O3. The third kappa shape index (κ3) is 1.63. The predicted molar refractivity (Wildman–Crippen MR) is 33.5 cm³/mol. The smallest absolute Gasteiger partial charge is 0.256 e. The molecule has 0 fully saturated rings. The molecule has 1 rings (SSSR count). The molecule has 1 aromatic heterocycles. The number of hydrogen-bond acceptors (Lipinski definition) is 5. The Labute approximate surface area is 57.4 Å². The average Bonchev–Trinajstić information content (AvgIpc) is 2.31. The number of nitrogens with zero attached hydrogens (tertiary/aromatic N) is 1. The van der Waals surface area contributed by atoms with Crippen LogP contribution in [0.2, 0.25) is 0 Å². The number of nitrogen functional groups attached to an aromatic ring is 1. The lowest BCUT2D eigenvalue weighted by Crippen LogP contribution is -2.01. The molecule has 10 heavy (non-hydrogen) atoms. The minimum Gasteiger partial charge on any atom is -0.473 e. The Morgan fingerprint density at radius 1 is 1.80 bits per heavy atom. The van der Waals surface area contributed by atoms with Gasteiger partial charge in [0.25, 0.3) is 5.88 Å². The predicted octanol–water partition coefficient (Wildman–Crippen LogP) is -0.372. The van der Waals surface area contributed by atoms with Gasteiger partial charge in [-0.2, -0.15) is 0 Å². The number of ether oxygens (including phenoxy) is 1. The standard InChI is InChI=1S/C5H8N2O3/c6-4-3-5(7-10-4)9-2-1-8/h3,8H,1-2,6H2. The first-order valence-corrected chi connectivity index (χ1v) is 2.79. The van der Waals surface area contributed by atoms with Gasteiger partial charge >= 0.3 is 0 Å². The maximum absolute atomic E-state index is 8.32. The number of nitrogens with two attached hydrogens (primary N) is 1. The van der Waals surface area contributed by atoms with Gasteiger partial charge in [-0.05, 0) is 5.16 Å². The van der Waals surface area contributed by atoms with Crippen LogP contribution in [0, 0.1) is 0 Å². The lowest BCUT2D eigenvalue weighted by atomic mass is 10.6. The second kappa shape index (κ2) is 3.07. The summed E-state index contributed by atoms with van der Waals surface area (Å²) in [4.78, 5) is 0. The highest BCUT2D eigenvalue weighted by molar-refractivity contribution is 5.27. The number of aliphatic hydroxyl groups excluding tert-OH is 1. The third-order valence-electron chi connectivity index (χ3n) is 0.848. The van der Waals surface area contributed by atoms with Crippen molar-refractivity contribution in [2.24, 2.45) is 0 Å². The van der Waals surface area contributed by atoms with Gasteiger partial charge in [-0.15, -0.1) is 0 Å². The number of hydrogen-bond donors (Lipinski definition) is 2. The normalized spacial score (nSPS) is 9.70. The van der Waals surface area contributed by atoms with Crippen molar-refractivity contribution in [3.05, 3.63) is 6.07 Å². The van der Waals surface area contributed by atoms with Crippen molar-refractivity contribution in [3.8, 4) is 5.88 Å². The van der Waals surface area contributed by atoms with Crippen molar-refractivity contribution in [2.75, 3.05) is 18.9 Å². The Kier molecular flexibility index (Phi) is 2.11. The van der Waals surface area contributed by atoms with Crippen LogP contribution in [0.15, 0.2) is 10.6 Å². The molecule has 0 atom stereocenters. The van der Waals surface area contributed by atoms with Crippen LogP contribution in [0.3, 0.4) is 0 Å². The Balaban J connectivity index is 2.42. The molecule has 0 bridgehead atoms. The molecule has 0 aliphatic rings. The van der Waals surface area contributed by atoms with Crippen molar-refractivity contribution in [1.82, 2.24) is 5.16 Å². The fourth-order valence-corrected chi connectivity index (χ4v) is 0.490. The van der Waals surface area contributed by atoms with E-state index in [1.54, 1.807) is 0 Å². The number of aliphatic hydroxyl groups is 1. The Morgan fingerprint density at radius 2 is 2.60 bits per heavy atom. The molecule has 0 amide bonds. The maximum atomic E-state index is 8.32. The lowest BCUT2D eigenvalue weighted by Gasteiger charge is -1.94. The molecule has 5 heteroatoms. The molecule has 0 spiro atoms. The summed E-state index contributed by atoms with van der Waals surface area (Å²) in [6.07, 6.45) is 0. The summed E-state index contributed by atoms with van der Waals surface area (Å²) < 4.78 is 9.32. The molecule has 0 radical (unpaired) electrons. The molecule has 1 aromatic rings. The second-order valence-corrected chi connectivity index (χ2v) is 1.64. The van der Waals surface area contributed by atoms with Gasteiger partial charge in [0.1, 0.15) is 6.61 Å². The summed E-state index contributed by atoms with van der Waals surface area (Å²) >= 11 is 0. The maximum Gasteiger partial charge on any atom is 0.256 e. The van der Waals surface area contributed by atoms with E-state index < -0.39 is 0 Å². The van der Waals surface area contributed by atoms with Crippen LogP contribution in [0.5, 0.6) is 5.88 Å². The van der Waals surface area contributed by atoms with Gasteiger partial charge in [0.2, 0.25) is 5.88 Å². The molecule has 0 aliphatic heterocycles. The quantitative estimate of drug-likeness (QED) is 0.604. The zero-order valence-electron chi connectivity index (χ0n) is 5.28. The van der Waals surface area contributed by atoms with Gasteiger partial charge in [0.05, 0.1) is 12.7 Å². The van der Waals surface area contributed by atoms with E-state index >= 15 is 0 Å². The van der Waals surface area contributed by atoms with Gasteiger partial charge in [-0.1, -0.05) is 0 Å². The summed E-state index contributed by atoms with van der Waals surface area (Å²) in [5.41, 5.74) is 5.18. The Bertz CT molecular complexity index is 199. The van der Waals surface area contributed by atoms with E-state index in [-0.39, 0.29) is 19.1 Å². The van der Waals surface area contributed by atoms with Gasteiger partial charge in [0, 0.05) is 0 Å². The van der Waals surface area contributed by atoms with Crippen LogP contribution in [0.4, 0.5) is 5.88 Å². The van der Waals surface area contributed by atoms with Gasteiger partial charge in [-0.3, -0.25) is 0 Å². The zero-order chi connectivity index (χ0) is 7.40. The van der Waals surface area contributed by atoms with Crippen LogP contribution >= 0.6 is 0 Å². The van der Waals surface area contributed by atoms with Gasteiger partial charge in [0.15, 0.2) is 0 Å². The first-order valence-electron chi connectivity index (χ1n) is 2.79. The van der Waals surface area contributed by atoms with Crippen LogP contribution in [0.25, 0.3) is 0 Å². The van der Waals surface area contributed by atoms with Crippen molar-refractivity contribution in [3.63, 3.8) is 0 Å². The number of rotatable bonds is 3. The van der Waals surface area contributed by atoms with Crippen LogP contribution in [-0.4, -0.2) is 23.5 Å². The molecule has 0 aromatic carbocycles. The highest BCUT2D eigenvalue weighted by atomic mass is 16.5. The Hall–Kier alpha value is -1.23. The van der Waals surface area contributed by atoms with E-state index in [4.69, 9.17) is 15.6 Å². The van der Waals surface area contributed by atoms with Gasteiger partial charge < -0.3 is 20.1 Å². The van der Waals surface area contributed by atoms with E-state index in [9.17, 15) is 0 Å². The van der Waals surface area contributed by atoms with Crippen molar-refractivity contribution in [1.29, 1.82) is 0 Å². The summed E-state index contributed by atoms with van der Waals surface area (Å²) in [6, 6.07) is 1.44. The molecule has 3 N–H and O–H groups in total. The molecule has 0 saturated carbocycles. The summed E-state index contributed by atoms with van der Waals surface area (Å²) in [5.74, 6) is 0.500. The highest BCUT2D eigenvalue weighted by Crippen LogP contribution is 2.11. The third-order valence-corrected chi connectivity index (χ3v) is 0.848. The SMILES string of the molecule is Nc1cc(OCCO)no1. The monoisotopic (exact) mass is 144 g/mol. The van der Waals surface area contributed by atoms with E-state index in [0.717, 1.165) is 0 Å². The summed E-state index contributed by atoms with van der Waals surface area (Å²) in [6.45, 7) is 0.152. The largest absolute Gasteiger partial charge is 0.473 e. The minimum atomic E-state index is -0.0488. The van der Waals surface area contributed by atoms with Gasteiger partial charge in [-0.25, -0.2) is 0 Å². The van der Waals surface area contributed by atoms with E-state index in [1.165, 1.54) is 6.07 Å². The van der Waals surface area contributed by atoms with E-state index in [1.807, 2.05) is 0 Å². The van der Waals surface area contributed by atoms with Crippen LogP contribution in [-0.2, 0) is 0 Å². The van der Waals surface area contributed by atoms with Crippen molar-refractivity contribution < 1.29 is 14.4 Å². The van der Waals surface area contributed by atoms with E-state index in [2.05, 4.69) is 9.68 Å². The number of aromatic nitrogens is 1.